The zero-order valence-corrected chi connectivity index (χ0v) is 11.6. The quantitative estimate of drug-likeness (QED) is 0.654. The van der Waals surface area contributed by atoms with Gasteiger partial charge in [-0.15, -0.1) is 0 Å². The first-order valence-corrected chi connectivity index (χ1v) is 6.01. The normalized spacial score (nSPS) is 10.8. The molecule has 1 aromatic rings. The summed E-state index contributed by atoms with van der Waals surface area (Å²) in [4.78, 5) is 33.2. The molecule has 0 saturated heterocycles. The highest BCUT2D eigenvalue weighted by Crippen LogP contribution is 2.16. The lowest BCUT2D eigenvalue weighted by Gasteiger charge is -2.24. The van der Waals surface area contributed by atoms with Gasteiger partial charge in [0.05, 0.1) is 11.3 Å². The number of carbonyl (C=O) groups excluding carboxylic acids is 2. The molecular formula is C13H16FN3O4. The lowest BCUT2D eigenvalue weighted by Crippen LogP contribution is -2.47. The van der Waals surface area contributed by atoms with E-state index in [4.69, 9.17) is 10.8 Å². The van der Waals surface area contributed by atoms with E-state index in [1.165, 1.54) is 0 Å². The van der Waals surface area contributed by atoms with Crippen molar-refractivity contribution in [3.63, 3.8) is 0 Å². The van der Waals surface area contributed by atoms with Crippen molar-refractivity contribution in [2.75, 3.05) is 5.32 Å². The second-order valence-electron chi connectivity index (χ2n) is 5.11. The Morgan fingerprint density at radius 2 is 1.95 bits per heavy atom. The molecule has 5 N–H and O–H groups in total. The van der Waals surface area contributed by atoms with Gasteiger partial charge < -0.3 is 21.5 Å². The molecule has 0 aliphatic rings. The highest BCUT2D eigenvalue weighted by molar-refractivity contribution is 5.92. The van der Waals surface area contributed by atoms with Crippen LogP contribution in [-0.4, -0.2) is 28.6 Å². The van der Waals surface area contributed by atoms with Gasteiger partial charge in [-0.3, -0.25) is 4.79 Å². The number of carboxylic acid groups (broad SMARTS) is 1. The van der Waals surface area contributed by atoms with E-state index in [1.54, 1.807) is 13.8 Å². The largest absolute Gasteiger partial charge is 0.478 e. The Labute approximate surface area is 120 Å². The molecule has 21 heavy (non-hydrogen) atoms. The maximum Gasteiger partial charge on any atom is 0.335 e. The number of hydrogen-bond acceptors (Lipinski definition) is 3. The number of primary amides is 1. The summed E-state index contributed by atoms with van der Waals surface area (Å²) in [6, 6.07) is 2.37. The van der Waals surface area contributed by atoms with Crippen molar-refractivity contribution >= 4 is 23.6 Å². The van der Waals surface area contributed by atoms with E-state index < -0.39 is 29.3 Å². The van der Waals surface area contributed by atoms with Gasteiger partial charge in [0.15, 0.2) is 0 Å². The van der Waals surface area contributed by atoms with Gasteiger partial charge >= 0.3 is 12.0 Å². The fourth-order valence-corrected chi connectivity index (χ4v) is 1.69. The summed E-state index contributed by atoms with van der Waals surface area (Å²) < 4.78 is 13.6. The van der Waals surface area contributed by atoms with Gasteiger partial charge in [-0.1, -0.05) is 0 Å². The predicted molar refractivity (Wildman–Crippen MR) is 73.4 cm³/mol. The van der Waals surface area contributed by atoms with Gasteiger partial charge in [-0.2, -0.15) is 0 Å². The Morgan fingerprint density at radius 3 is 2.43 bits per heavy atom. The molecule has 0 saturated carbocycles. The van der Waals surface area contributed by atoms with Crippen molar-refractivity contribution in [3.05, 3.63) is 29.6 Å². The monoisotopic (exact) mass is 297 g/mol. The van der Waals surface area contributed by atoms with Crippen LogP contribution in [0.2, 0.25) is 0 Å². The topological polar surface area (TPSA) is 122 Å². The van der Waals surface area contributed by atoms with Crippen LogP contribution in [0.1, 0.15) is 30.6 Å². The Hall–Kier alpha value is -2.64. The summed E-state index contributed by atoms with van der Waals surface area (Å²) in [6.07, 6.45) is -0.0825. The second kappa shape index (κ2) is 6.21. The molecule has 0 bridgehead atoms. The zero-order chi connectivity index (χ0) is 16.2. The molecule has 7 nitrogen and oxygen atoms in total. The molecule has 1 rings (SSSR count). The predicted octanol–water partition coefficient (Wildman–Crippen LogP) is 1.30. The van der Waals surface area contributed by atoms with Gasteiger partial charge in [-0.05, 0) is 32.0 Å². The Bertz CT molecular complexity index is 587. The van der Waals surface area contributed by atoms with Crippen molar-refractivity contribution < 1.29 is 23.9 Å². The molecule has 0 spiro atoms. The number of carboxylic acids is 1. The van der Waals surface area contributed by atoms with Crippen molar-refractivity contribution in [2.24, 2.45) is 5.73 Å². The number of rotatable bonds is 5. The maximum absolute atomic E-state index is 13.6. The van der Waals surface area contributed by atoms with E-state index in [-0.39, 0.29) is 17.7 Å². The summed E-state index contributed by atoms with van der Waals surface area (Å²) in [5, 5.41) is 13.4. The molecule has 0 aliphatic heterocycles. The van der Waals surface area contributed by atoms with Crippen LogP contribution in [0, 0.1) is 5.82 Å². The number of nitrogens with one attached hydrogen (secondary N) is 2. The van der Waals surface area contributed by atoms with Gasteiger partial charge in [0.2, 0.25) is 5.91 Å². The fourth-order valence-electron chi connectivity index (χ4n) is 1.69. The lowest BCUT2D eigenvalue weighted by molar-refractivity contribution is -0.119. The summed E-state index contributed by atoms with van der Waals surface area (Å²) in [7, 11) is 0. The molecule has 1 aromatic carbocycles. The molecular weight excluding hydrogens is 281 g/mol. The van der Waals surface area contributed by atoms with Crippen LogP contribution in [0.15, 0.2) is 18.2 Å². The zero-order valence-electron chi connectivity index (χ0n) is 11.6. The van der Waals surface area contributed by atoms with Gasteiger partial charge in [0.25, 0.3) is 0 Å². The summed E-state index contributed by atoms with van der Waals surface area (Å²) in [6.45, 7) is 3.17. The summed E-state index contributed by atoms with van der Waals surface area (Å²) >= 11 is 0. The highest BCUT2D eigenvalue weighted by Gasteiger charge is 2.23. The van der Waals surface area contributed by atoms with Crippen LogP contribution in [-0.2, 0) is 4.79 Å². The minimum atomic E-state index is -1.27. The fraction of sp³-hybridized carbons (Fsp3) is 0.308. The van der Waals surface area contributed by atoms with Crippen LogP contribution in [0.5, 0.6) is 0 Å². The number of halogens is 1. The van der Waals surface area contributed by atoms with Crippen molar-refractivity contribution in [3.8, 4) is 0 Å². The molecule has 0 unspecified atom stereocenters. The smallest absolute Gasteiger partial charge is 0.335 e. The van der Waals surface area contributed by atoms with E-state index in [0.717, 1.165) is 18.2 Å². The SMILES string of the molecule is CC(C)(CC(N)=O)NC(=O)Nc1ccc(C(=O)O)cc1F. The third kappa shape index (κ3) is 5.09. The number of anilines is 1. The Morgan fingerprint density at radius 1 is 1.33 bits per heavy atom. The lowest BCUT2D eigenvalue weighted by atomic mass is 10.0. The molecule has 0 aromatic heterocycles. The van der Waals surface area contributed by atoms with Crippen LogP contribution in [0.3, 0.4) is 0 Å². The number of carbonyl (C=O) groups is 3. The first-order chi connectivity index (χ1) is 9.60. The first-order valence-electron chi connectivity index (χ1n) is 6.01. The Kier molecular flexibility index (Phi) is 4.85. The van der Waals surface area contributed by atoms with Crippen molar-refractivity contribution in [2.45, 2.75) is 25.8 Å². The third-order valence-electron chi connectivity index (χ3n) is 2.53. The number of aromatic carboxylic acids is 1. The van der Waals surface area contributed by atoms with Crippen LogP contribution < -0.4 is 16.4 Å². The van der Waals surface area contributed by atoms with Crippen LogP contribution >= 0.6 is 0 Å². The van der Waals surface area contributed by atoms with E-state index >= 15 is 0 Å². The maximum atomic E-state index is 13.6. The molecule has 0 heterocycles. The van der Waals surface area contributed by atoms with Crippen LogP contribution in [0.25, 0.3) is 0 Å². The summed E-state index contributed by atoms with van der Waals surface area (Å²) in [5.74, 6) is -2.73. The first kappa shape index (κ1) is 16.4. The molecule has 0 fully saturated rings. The average Bonchev–Trinajstić information content (AvgIpc) is 2.28. The minimum absolute atomic E-state index is 0.0825. The second-order valence-corrected chi connectivity index (χ2v) is 5.11. The molecule has 8 heteroatoms. The number of benzene rings is 1. The van der Waals surface area contributed by atoms with Crippen molar-refractivity contribution in [1.29, 1.82) is 0 Å². The van der Waals surface area contributed by atoms with Crippen molar-refractivity contribution in [1.82, 2.24) is 5.32 Å². The number of hydrogen-bond donors (Lipinski definition) is 4. The number of nitrogens with two attached hydrogens (primary N) is 1. The average molecular weight is 297 g/mol. The van der Waals surface area contributed by atoms with Gasteiger partial charge in [0.1, 0.15) is 5.82 Å². The van der Waals surface area contributed by atoms with Crippen LogP contribution in [0.4, 0.5) is 14.9 Å². The summed E-state index contributed by atoms with van der Waals surface area (Å²) in [5.41, 5.74) is 3.75. The van der Waals surface area contributed by atoms with E-state index in [2.05, 4.69) is 10.6 Å². The molecule has 3 amide bonds. The molecule has 0 atom stereocenters. The Balaban J connectivity index is 2.75. The number of urea groups is 1. The standard InChI is InChI=1S/C13H16FN3O4/c1-13(2,6-10(15)18)17-12(21)16-9-4-3-7(11(19)20)5-8(9)14/h3-5H,6H2,1-2H3,(H2,15,18)(H,19,20)(H2,16,17,21). The van der Waals surface area contributed by atoms with E-state index in [0.29, 0.717) is 0 Å². The molecule has 0 aliphatic carbocycles. The minimum Gasteiger partial charge on any atom is -0.478 e. The van der Waals surface area contributed by atoms with E-state index in [9.17, 15) is 18.8 Å². The number of amides is 3. The van der Waals surface area contributed by atoms with Gasteiger partial charge in [-0.25, -0.2) is 14.0 Å². The molecule has 114 valence electrons. The van der Waals surface area contributed by atoms with Gasteiger partial charge in [0, 0.05) is 12.0 Å². The molecule has 0 radical (unpaired) electrons. The van der Waals surface area contributed by atoms with E-state index in [1.807, 2.05) is 0 Å². The third-order valence-corrected chi connectivity index (χ3v) is 2.53. The highest BCUT2D eigenvalue weighted by atomic mass is 19.1.